The molecule has 0 spiro atoms. The van der Waals surface area contributed by atoms with Crippen molar-refractivity contribution < 1.29 is 9.53 Å². The van der Waals surface area contributed by atoms with Crippen LogP contribution < -0.4 is 10.5 Å². The topological polar surface area (TPSA) is 71.7 Å². The number of hydrogen-bond acceptors (Lipinski definition) is 5. The number of ether oxygens (including phenoxy) is 1. The number of benzene rings is 2. The van der Waals surface area contributed by atoms with Crippen LogP contribution >= 0.6 is 23.2 Å². The molecule has 0 saturated carbocycles. The number of amides is 1. The van der Waals surface area contributed by atoms with E-state index in [2.05, 4.69) is 28.1 Å². The normalized spacial score (nSPS) is 20.8. The molecule has 6 nitrogen and oxygen atoms in total. The lowest BCUT2D eigenvalue weighted by atomic mass is 9.89. The standard InChI is InChI=1S/C29H32Cl2N4O2/c1-19(28-25(30)9-6-10-26(28)31)37-27-14-20(15-33-29(27)32)23-7-2-3-8-24(23)21-13-22(35(16-21)18-36)17-34-11-4-5-12-34/h2-3,6-10,14-15,18-19,21-22H,4-5,11-13,16-17H2,1H3,(H2,32,33)/t19?,21?,22-/m0/s1. The quantitative estimate of drug-likeness (QED) is 0.346. The minimum Gasteiger partial charge on any atom is -0.482 e. The molecule has 0 aliphatic carbocycles. The number of pyridine rings is 1. The summed E-state index contributed by atoms with van der Waals surface area (Å²) >= 11 is 12.8. The largest absolute Gasteiger partial charge is 0.482 e. The second-order valence-electron chi connectivity index (χ2n) is 9.99. The highest BCUT2D eigenvalue weighted by Crippen LogP contribution is 2.40. The van der Waals surface area contributed by atoms with E-state index in [1.54, 1.807) is 24.4 Å². The molecule has 3 atom stereocenters. The van der Waals surface area contributed by atoms with Gasteiger partial charge in [0.15, 0.2) is 11.6 Å². The number of nitrogen functional groups attached to an aromatic ring is 1. The van der Waals surface area contributed by atoms with Gasteiger partial charge in [0.25, 0.3) is 0 Å². The molecular formula is C29H32Cl2N4O2. The molecule has 194 valence electrons. The van der Waals surface area contributed by atoms with Crippen LogP contribution in [0.5, 0.6) is 5.75 Å². The predicted octanol–water partition coefficient (Wildman–Crippen LogP) is 6.19. The predicted molar refractivity (Wildman–Crippen MR) is 149 cm³/mol. The first-order valence-corrected chi connectivity index (χ1v) is 13.6. The van der Waals surface area contributed by atoms with Gasteiger partial charge in [0.1, 0.15) is 6.10 Å². The lowest BCUT2D eigenvalue weighted by molar-refractivity contribution is -0.119. The van der Waals surface area contributed by atoms with E-state index in [0.29, 0.717) is 33.7 Å². The maximum atomic E-state index is 11.9. The third kappa shape index (κ3) is 5.57. The number of anilines is 1. The molecule has 0 bridgehead atoms. The van der Waals surface area contributed by atoms with Crippen LogP contribution in [0, 0.1) is 0 Å². The number of nitrogens with two attached hydrogens (primary N) is 1. The average molecular weight is 540 g/mol. The van der Waals surface area contributed by atoms with Gasteiger partial charge in [-0.05, 0) is 68.6 Å². The zero-order valence-electron chi connectivity index (χ0n) is 20.9. The Hall–Kier alpha value is -2.80. The molecule has 8 heteroatoms. The van der Waals surface area contributed by atoms with E-state index in [-0.39, 0.29) is 12.0 Å². The van der Waals surface area contributed by atoms with Gasteiger partial charge in [0, 0.05) is 52.4 Å². The van der Waals surface area contributed by atoms with Gasteiger partial charge in [-0.2, -0.15) is 0 Å². The molecule has 2 aliphatic rings. The lowest BCUT2D eigenvalue weighted by Gasteiger charge is -2.25. The fourth-order valence-corrected chi connectivity index (χ4v) is 6.40. The van der Waals surface area contributed by atoms with E-state index in [1.807, 2.05) is 24.0 Å². The fourth-order valence-electron chi connectivity index (χ4n) is 5.70. The number of likely N-dealkylation sites (tertiary alicyclic amines) is 2. The van der Waals surface area contributed by atoms with Crippen molar-refractivity contribution in [2.24, 2.45) is 0 Å². The summed E-state index contributed by atoms with van der Waals surface area (Å²) in [6.45, 7) is 5.80. The van der Waals surface area contributed by atoms with Crippen molar-refractivity contribution in [2.75, 3.05) is 31.9 Å². The van der Waals surface area contributed by atoms with E-state index in [4.69, 9.17) is 33.7 Å². The van der Waals surface area contributed by atoms with Gasteiger partial charge < -0.3 is 20.3 Å². The molecule has 1 amide bonds. The van der Waals surface area contributed by atoms with Gasteiger partial charge in [0.05, 0.1) is 0 Å². The summed E-state index contributed by atoms with van der Waals surface area (Å²) in [5.74, 6) is 1.02. The summed E-state index contributed by atoms with van der Waals surface area (Å²) in [6, 6.07) is 15.9. The molecule has 1 aromatic heterocycles. The molecule has 2 fully saturated rings. The Morgan fingerprint density at radius 2 is 1.86 bits per heavy atom. The highest BCUT2D eigenvalue weighted by molar-refractivity contribution is 6.36. The summed E-state index contributed by atoms with van der Waals surface area (Å²) in [5.41, 5.74) is 10.1. The van der Waals surface area contributed by atoms with Crippen molar-refractivity contribution in [1.82, 2.24) is 14.8 Å². The molecule has 2 aliphatic heterocycles. The highest BCUT2D eigenvalue weighted by Gasteiger charge is 2.34. The monoisotopic (exact) mass is 538 g/mol. The summed E-state index contributed by atoms with van der Waals surface area (Å²) in [6.07, 6.45) is 5.81. The Morgan fingerprint density at radius 1 is 1.14 bits per heavy atom. The number of aromatic nitrogens is 1. The summed E-state index contributed by atoms with van der Waals surface area (Å²) in [7, 11) is 0. The smallest absolute Gasteiger partial charge is 0.210 e. The van der Waals surface area contributed by atoms with Gasteiger partial charge in [-0.25, -0.2) is 4.98 Å². The number of nitrogens with zero attached hydrogens (tertiary/aromatic N) is 3. The Bertz CT molecular complexity index is 1240. The first-order chi connectivity index (χ1) is 17.9. The molecule has 3 heterocycles. The molecule has 2 aromatic carbocycles. The molecule has 2 unspecified atom stereocenters. The third-order valence-corrected chi connectivity index (χ3v) is 8.22. The van der Waals surface area contributed by atoms with Crippen LogP contribution in [0.1, 0.15) is 49.3 Å². The summed E-state index contributed by atoms with van der Waals surface area (Å²) < 4.78 is 6.23. The van der Waals surface area contributed by atoms with Crippen LogP contribution in [0.25, 0.3) is 11.1 Å². The van der Waals surface area contributed by atoms with E-state index >= 15 is 0 Å². The summed E-state index contributed by atoms with van der Waals surface area (Å²) in [5, 5.41) is 1.08. The SMILES string of the molecule is CC(Oc1cc(-c2ccccc2C2C[C@@H](CN3CCCC3)N(C=O)C2)cnc1N)c1c(Cl)cccc1Cl. The molecular weight excluding hydrogens is 507 g/mol. The Morgan fingerprint density at radius 3 is 2.59 bits per heavy atom. The number of halogens is 2. The number of carbonyl (C=O) groups excluding carboxylic acids is 1. The maximum absolute atomic E-state index is 11.9. The van der Waals surface area contributed by atoms with Crippen molar-refractivity contribution in [3.8, 4) is 16.9 Å². The van der Waals surface area contributed by atoms with E-state index in [9.17, 15) is 4.79 Å². The van der Waals surface area contributed by atoms with Crippen molar-refractivity contribution in [1.29, 1.82) is 0 Å². The van der Waals surface area contributed by atoms with Crippen LogP contribution in [0.3, 0.4) is 0 Å². The molecule has 5 rings (SSSR count). The van der Waals surface area contributed by atoms with Crippen LogP contribution in [0.15, 0.2) is 54.7 Å². The van der Waals surface area contributed by atoms with Crippen LogP contribution in [-0.2, 0) is 4.79 Å². The van der Waals surface area contributed by atoms with Crippen LogP contribution in [-0.4, -0.2) is 53.4 Å². The number of hydrogen-bond donors (Lipinski definition) is 1. The Balaban J connectivity index is 1.40. The van der Waals surface area contributed by atoms with E-state index in [0.717, 1.165) is 43.6 Å². The van der Waals surface area contributed by atoms with Gasteiger partial charge >= 0.3 is 0 Å². The third-order valence-electron chi connectivity index (χ3n) is 7.56. The number of carbonyl (C=O) groups is 1. The molecule has 2 N–H and O–H groups in total. The zero-order chi connectivity index (χ0) is 25.9. The average Bonchev–Trinajstić information content (AvgIpc) is 3.55. The van der Waals surface area contributed by atoms with Crippen LogP contribution in [0.4, 0.5) is 5.82 Å². The minimum atomic E-state index is -0.418. The highest BCUT2D eigenvalue weighted by atomic mass is 35.5. The maximum Gasteiger partial charge on any atom is 0.210 e. The van der Waals surface area contributed by atoms with Gasteiger partial charge in [-0.15, -0.1) is 0 Å². The van der Waals surface area contributed by atoms with Crippen molar-refractivity contribution in [3.63, 3.8) is 0 Å². The molecule has 0 radical (unpaired) electrons. The Kier molecular flexibility index (Phi) is 7.89. The fraction of sp³-hybridized carbons (Fsp3) is 0.379. The van der Waals surface area contributed by atoms with Gasteiger partial charge in [-0.1, -0.05) is 53.5 Å². The van der Waals surface area contributed by atoms with E-state index in [1.165, 1.54) is 18.4 Å². The lowest BCUT2D eigenvalue weighted by Crippen LogP contribution is -2.38. The molecule has 37 heavy (non-hydrogen) atoms. The summed E-state index contributed by atoms with van der Waals surface area (Å²) in [4.78, 5) is 20.8. The van der Waals surface area contributed by atoms with Crippen molar-refractivity contribution in [3.05, 3.63) is 75.9 Å². The van der Waals surface area contributed by atoms with Crippen molar-refractivity contribution >= 4 is 35.4 Å². The zero-order valence-corrected chi connectivity index (χ0v) is 22.5. The van der Waals surface area contributed by atoms with Gasteiger partial charge in [0.2, 0.25) is 6.41 Å². The number of rotatable bonds is 8. The minimum absolute atomic E-state index is 0.235. The first kappa shape index (κ1) is 25.8. The second-order valence-corrected chi connectivity index (χ2v) is 10.8. The van der Waals surface area contributed by atoms with Crippen molar-refractivity contribution in [2.45, 2.75) is 44.2 Å². The first-order valence-electron chi connectivity index (χ1n) is 12.8. The molecule has 3 aromatic rings. The van der Waals surface area contributed by atoms with Crippen LogP contribution in [0.2, 0.25) is 10.0 Å². The van der Waals surface area contributed by atoms with E-state index < -0.39 is 6.10 Å². The van der Waals surface area contributed by atoms with Gasteiger partial charge in [-0.3, -0.25) is 4.79 Å². The second kappa shape index (κ2) is 11.3. The molecule has 2 saturated heterocycles. The Labute approximate surface area is 228 Å².